The van der Waals surface area contributed by atoms with Gasteiger partial charge in [0.15, 0.2) is 0 Å². The van der Waals surface area contributed by atoms with Crippen LogP contribution in [0.4, 0.5) is 13.2 Å². The average Bonchev–Trinajstić information content (AvgIpc) is 1.99. The Morgan fingerprint density at radius 3 is 2.29 bits per heavy atom. The molecule has 0 aromatic heterocycles. The fraction of sp³-hybridized carbons (Fsp3) is 0.250. The Kier molecular flexibility index (Phi) is 3.81. The van der Waals surface area contributed by atoms with Crippen molar-refractivity contribution in [2.24, 2.45) is 0 Å². The molecule has 0 saturated heterocycles. The topological polar surface area (TPSA) is 20.2 Å². The normalized spacial score (nSPS) is 11.9. The molecule has 1 aromatic rings. The number of benzene rings is 1. The molecule has 0 aliphatic heterocycles. The Morgan fingerprint density at radius 1 is 1.36 bits per heavy atom. The summed E-state index contributed by atoms with van der Waals surface area (Å²) in [5.74, 6) is 0. The lowest BCUT2D eigenvalue weighted by Crippen LogP contribution is -2.09. The first-order chi connectivity index (χ1) is 6.36. The molecule has 0 radical (unpaired) electrons. The minimum atomic E-state index is -4.37. The summed E-state index contributed by atoms with van der Waals surface area (Å²) in [6.07, 6.45) is -4.37. The second-order valence-electron chi connectivity index (χ2n) is 2.59. The van der Waals surface area contributed by atoms with Crippen molar-refractivity contribution in [3.05, 3.63) is 31.3 Å². The van der Waals surface area contributed by atoms with Gasteiger partial charge in [0, 0.05) is 8.04 Å². The largest absolute Gasteiger partial charge is 0.418 e. The van der Waals surface area contributed by atoms with Crippen LogP contribution in [0, 0.1) is 3.57 Å². The third-order valence-corrected chi connectivity index (χ3v) is 3.04. The van der Waals surface area contributed by atoms with Crippen molar-refractivity contribution in [1.82, 2.24) is 0 Å². The number of alkyl halides is 3. The van der Waals surface area contributed by atoms with Crippen LogP contribution in [0.25, 0.3) is 0 Å². The molecule has 0 bridgehead atoms. The summed E-state index contributed by atoms with van der Waals surface area (Å²) in [6, 6.07) is 2.58. The molecule has 0 atom stereocenters. The number of halogens is 5. The van der Waals surface area contributed by atoms with Crippen molar-refractivity contribution in [3.63, 3.8) is 0 Å². The number of aliphatic hydroxyl groups excluding tert-OH is 1. The maximum atomic E-state index is 12.4. The molecule has 0 saturated carbocycles. The Labute approximate surface area is 101 Å². The molecule has 0 spiro atoms. The molecule has 14 heavy (non-hydrogen) atoms. The summed E-state index contributed by atoms with van der Waals surface area (Å²) in [5, 5.41) is 8.77. The molecule has 1 aromatic carbocycles. The summed E-state index contributed by atoms with van der Waals surface area (Å²) in [6.45, 7) is -0.271. The predicted octanol–water partition coefficient (Wildman–Crippen LogP) is 3.56. The highest BCUT2D eigenvalue weighted by molar-refractivity contribution is 14.1. The maximum absolute atomic E-state index is 12.4. The monoisotopic (exact) mass is 380 g/mol. The van der Waals surface area contributed by atoms with E-state index in [0.29, 0.717) is 5.56 Å². The minimum Gasteiger partial charge on any atom is -0.392 e. The summed E-state index contributed by atoms with van der Waals surface area (Å²) in [4.78, 5) is 0. The summed E-state index contributed by atoms with van der Waals surface area (Å²) in [7, 11) is 0. The van der Waals surface area contributed by atoms with Crippen LogP contribution in [0.15, 0.2) is 16.6 Å². The van der Waals surface area contributed by atoms with Crippen molar-refractivity contribution >= 4 is 38.5 Å². The molecule has 1 nitrogen and oxygen atoms in total. The van der Waals surface area contributed by atoms with Crippen LogP contribution in [-0.4, -0.2) is 5.11 Å². The van der Waals surface area contributed by atoms with E-state index in [1.165, 1.54) is 12.1 Å². The third kappa shape index (κ3) is 2.60. The SMILES string of the molecule is OCc1cc(Br)c(C(F)(F)F)c(I)c1. The van der Waals surface area contributed by atoms with Crippen LogP contribution in [0.3, 0.4) is 0 Å². The first-order valence-corrected chi connectivity index (χ1v) is 5.39. The first-order valence-electron chi connectivity index (χ1n) is 3.52. The average molecular weight is 381 g/mol. The van der Waals surface area contributed by atoms with Crippen molar-refractivity contribution in [2.75, 3.05) is 0 Å². The Bertz CT molecular complexity index is 328. The highest BCUT2D eigenvalue weighted by Crippen LogP contribution is 2.38. The van der Waals surface area contributed by atoms with Crippen molar-refractivity contribution in [1.29, 1.82) is 0 Å². The lowest BCUT2D eigenvalue weighted by atomic mass is 10.1. The maximum Gasteiger partial charge on any atom is 0.418 e. The molecular formula is C8H5BrF3IO. The van der Waals surface area contributed by atoms with Crippen LogP contribution in [0.2, 0.25) is 0 Å². The van der Waals surface area contributed by atoms with E-state index < -0.39 is 11.7 Å². The molecule has 0 fully saturated rings. The van der Waals surface area contributed by atoms with Gasteiger partial charge in [-0.1, -0.05) is 15.9 Å². The first kappa shape index (κ1) is 12.3. The van der Waals surface area contributed by atoms with Crippen LogP contribution in [0.5, 0.6) is 0 Å². The molecule has 0 unspecified atom stereocenters. The van der Waals surface area contributed by atoms with Crippen molar-refractivity contribution in [3.8, 4) is 0 Å². The van der Waals surface area contributed by atoms with Gasteiger partial charge in [0.05, 0.1) is 12.2 Å². The molecule has 0 heterocycles. The molecule has 0 aliphatic rings. The second kappa shape index (κ2) is 4.36. The minimum absolute atomic E-state index is 0.0408. The summed E-state index contributed by atoms with van der Waals surface area (Å²) < 4.78 is 37.4. The lowest BCUT2D eigenvalue weighted by Gasteiger charge is -2.12. The van der Waals surface area contributed by atoms with Crippen molar-refractivity contribution < 1.29 is 18.3 Å². The standard InChI is InChI=1S/C8H5BrF3IO/c9-5-1-4(3-14)2-6(13)7(5)8(10,11)12/h1-2,14H,3H2. The zero-order chi connectivity index (χ0) is 10.9. The van der Waals surface area contributed by atoms with E-state index in [-0.39, 0.29) is 14.6 Å². The Hall–Kier alpha value is 0.180. The highest BCUT2D eigenvalue weighted by Gasteiger charge is 2.35. The lowest BCUT2D eigenvalue weighted by molar-refractivity contribution is -0.138. The quantitative estimate of drug-likeness (QED) is 0.738. The van der Waals surface area contributed by atoms with Gasteiger partial charge in [-0.05, 0) is 40.3 Å². The van der Waals surface area contributed by atoms with E-state index in [4.69, 9.17) is 5.11 Å². The van der Waals surface area contributed by atoms with Gasteiger partial charge in [-0.2, -0.15) is 13.2 Å². The second-order valence-corrected chi connectivity index (χ2v) is 4.61. The molecule has 0 aliphatic carbocycles. The predicted molar refractivity (Wildman–Crippen MR) is 57.8 cm³/mol. The van der Waals surface area contributed by atoms with Crippen LogP contribution in [-0.2, 0) is 12.8 Å². The fourth-order valence-electron chi connectivity index (χ4n) is 0.988. The molecule has 6 heteroatoms. The smallest absolute Gasteiger partial charge is 0.392 e. The van der Waals surface area contributed by atoms with E-state index in [1.54, 1.807) is 22.6 Å². The van der Waals surface area contributed by atoms with Crippen LogP contribution < -0.4 is 0 Å². The zero-order valence-electron chi connectivity index (χ0n) is 6.70. The molecule has 1 N–H and O–H groups in total. The van der Waals surface area contributed by atoms with Gasteiger partial charge < -0.3 is 5.11 Å². The van der Waals surface area contributed by atoms with E-state index >= 15 is 0 Å². The number of hydrogen-bond acceptors (Lipinski definition) is 1. The van der Waals surface area contributed by atoms with Gasteiger partial charge in [-0.25, -0.2) is 0 Å². The molecule has 1 rings (SSSR count). The summed E-state index contributed by atoms with van der Waals surface area (Å²) in [5.41, 5.74) is -0.246. The zero-order valence-corrected chi connectivity index (χ0v) is 10.4. The fourth-order valence-corrected chi connectivity index (χ4v) is 3.09. The number of aliphatic hydroxyl groups is 1. The van der Waals surface area contributed by atoms with Gasteiger partial charge in [-0.3, -0.25) is 0 Å². The summed E-state index contributed by atoms with van der Waals surface area (Å²) >= 11 is 4.44. The molecule has 78 valence electrons. The van der Waals surface area contributed by atoms with E-state index in [9.17, 15) is 13.2 Å². The third-order valence-electron chi connectivity index (χ3n) is 1.57. The number of rotatable bonds is 1. The van der Waals surface area contributed by atoms with E-state index in [0.717, 1.165) is 0 Å². The van der Waals surface area contributed by atoms with Gasteiger partial charge in [0.25, 0.3) is 0 Å². The van der Waals surface area contributed by atoms with Gasteiger partial charge in [0.1, 0.15) is 0 Å². The highest BCUT2D eigenvalue weighted by atomic mass is 127. The Morgan fingerprint density at radius 2 is 1.93 bits per heavy atom. The van der Waals surface area contributed by atoms with E-state index in [1.807, 2.05) is 0 Å². The van der Waals surface area contributed by atoms with Gasteiger partial charge >= 0.3 is 6.18 Å². The van der Waals surface area contributed by atoms with Crippen LogP contribution >= 0.6 is 38.5 Å². The van der Waals surface area contributed by atoms with Gasteiger partial charge in [-0.15, -0.1) is 0 Å². The van der Waals surface area contributed by atoms with Crippen LogP contribution in [0.1, 0.15) is 11.1 Å². The van der Waals surface area contributed by atoms with E-state index in [2.05, 4.69) is 15.9 Å². The van der Waals surface area contributed by atoms with Crippen molar-refractivity contribution in [2.45, 2.75) is 12.8 Å². The molecule has 0 amide bonds. The number of hydrogen-bond donors (Lipinski definition) is 1. The van der Waals surface area contributed by atoms with Gasteiger partial charge in [0.2, 0.25) is 0 Å². The Balaban J connectivity index is 3.33. The molecular weight excluding hydrogens is 376 g/mol.